The van der Waals surface area contributed by atoms with Gasteiger partial charge in [0.1, 0.15) is 0 Å². The van der Waals surface area contributed by atoms with E-state index in [9.17, 15) is 0 Å². The maximum atomic E-state index is 6.38. The third-order valence-corrected chi connectivity index (χ3v) is 11.1. The Kier molecular flexibility index (Phi) is 11.0. The molecule has 0 atom stereocenters. The van der Waals surface area contributed by atoms with Crippen LogP contribution < -0.4 is 0 Å². The van der Waals surface area contributed by atoms with Crippen LogP contribution >= 0.6 is 23.2 Å². The molecular weight excluding hydrogens is 727 g/mol. The number of hydrogen-bond acceptors (Lipinski definition) is 0. The van der Waals surface area contributed by atoms with E-state index in [2.05, 4.69) is 139 Å². The Morgan fingerprint density at radius 2 is 1.22 bits per heavy atom. The zero-order chi connectivity index (χ0) is 35.6. The van der Waals surface area contributed by atoms with Crippen molar-refractivity contribution in [3.05, 3.63) is 177 Å². The largest absolute Gasteiger partial charge is 0.273 e. The second-order valence-electron chi connectivity index (χ2n) is 15.1. The summed E-state index contributed by atoms with van der Waals surface area (Å²) >= 11 is 14.1. The van der Waals surface area contributed by atoms with Crippen LogP contribution in [0.5, 0.6) is 0 Å². The Bertz CT molecular complexity index is 2120. The van der Waals surface area contributed by atoms with Crippen molar-refractivity contribution >= 4 is 48.0 Å². The number of allylic oxidation sites excluding steroid dienone is 4. The van der Waals surface area contributed by atoms with E-state index in [-0.39, 0.29) is 10.8 Å². The molecule has 0 amide bonds. The van der Waals surface area contributed by atoms with E-state index in [1.165, 1.54) is 82.7 Å². The molecule has 0 aliphatic heterocycles. The summed E-state index contributed by atoms with van der Waals surface area (Å²) in [5.74, 6) is 0. The molecule has 0 N–H and O–H groups in total. The minimum Gasteiger partial charge on any atom is -0.273 e. The van der Waals surface area contributed by atoms with Gasteiger partial charge in [0.05, 0.1) is 0 Å². The normalized spacial score (nSPS) is 13.0. The van der Waals surface area contributed by atoms with Gasteiger partial charge in [-0.3, -0.25) is 6.08 Å². The average molecular weight is 769 g/mol. The van der Waals surface area contributed by atoms with Crippen molar-refractivity contribution in [2.45, 2.75) is 65.2 Å². The molecule has 248 valence electrons. The standard InChI is InChI=1S/C21H12Cl2.C21H25.C5H5.Zr/c22-18-10-14-5-1-3-7-20(14)16(12-18)9-17-13-19(23)11-15-6-2-4-8-21(15)17;1-20(2,3)16-9-7-14-11-15-8-10-17(21(4,5)6)13-19(15)18(14)12-16;1-2-4-5-3-1;/h1-8,10-13H;7,9-10,12-13H,11H2,1-6H3;1-3H,4H2;/q;2*-1;+2. The molecule has 0 saturated heterocycles. The summed E-state index contributed by atoms with van der Waals surface area (Å²) in [6.45, 7) is 13.6. The van der Waals surface area contributed by atoms with Gasteiger partial charge in [0, 0.05) is 0 Å². The van der Waals surface area contributed by atoms with Crippen molar-refractivity contribution in [2.24, 2.45) is 0 Å². The van der Waals surface area contributed by atoms with Crippen LogP contribution in [0.2, 0.25) is 10.0 Å². The third kappa shape index (κ3) is 8.23. The fourth-order valence-corrected chi connectivity index (χ4v) is 7.90. The van der Waals surface area contributed by atoms with Crippen LogP contribution in [0.25, 0.3) is 32.7 Å². The smallest absolute Gasteiger partial charge is 0.109 e. The van der Waals surface area contributed by atoms with Crippen LogP contribution in [0.15, 0.2) is 121 Å². The molecule has 6 aromatic rings. The van der Waals surface area contributed by atoms with Crippen LogP contribution in [-0.2, 0) is 41.5 Å². The molecule has 0 aromatic heterocycles. The predicted molar refractivity (Wildman–Crippen MR) is 214 cm³/mol. The minimum atomic E-state index is 0.177. The first kappa shape index (κ1) is 36.4. The molecule has 0 heterocycles. The molecule has 0 unspecified atom stereocenters. The molecule has 2 aliphatic rings. The fourth-order valence-electron chi connectivity index (χ4n) is 6.43. The summed E-state index contributed by atoms with van der Waals surface area (Å²) in [6.07, 6.45) is 11.0. The number of benzene rings is 6. The second-order valence-corrected chi connectivity index (χ2v) is 17.2. The predicted octanol–water partition coefficient (Wildman–Crippen LogP) is 13.4. The molecule has 2 aliphatic carbocycles. The number of fused-ring (bicyclic) bond motifs is 5. The van der Waals surface area contributed by atoms with Crippen molar-refractivity contribution in [3.63, 3.8) is 0 Å². The van der Waals surface area contributed by atoms with Gasteiger partial charge < -0.3 is 0 Å². The van der Waals surface area contributed by atoms with Gasteiger partial charge in [-0.2, -0.15) is 35.4 Å². The van der Waals surface area contributed by atoms with Crippen molar-refractivity contribution in [1.82, 2.24) is 0 Å². The quantitative estimate of drug-likeness (QED) is 0.154. The first-order valence-electron chi connectivity index (χ1n) is 17.2. The van der Waals surface area contributed by atoms with Gasteiger partial charge in [0.25, 0.3) is 0 Å². The Morgan fingerprint density at radius 3 is 1.72 bits per heavy atom. The summed E-state index contributed by atoms with van der Waals surface area (Å²) in [6, 6.07) is 39.9. The summed E-state index contributed by atoms with van der Waals surface area (Å²) in [5, 5.41) is 6.28. The Morgan fingerprint density at radius 1 is 0.660 bits per heavy atom. The Balaban J connectivity index is 0.000000153. The maximum Gasteiger partial charge on any atom is -0.109 e. The van der Waals surface area contributed by atoms with Crippen molar-refractivity contribution < 1.29 is 24.2 Å². The van der Waals surface area contributed by atoms with Gasteiger partial charge in [0.15, 0.2) is 0 Å². The second kappa shape index (κ2) is 15.1. The zero-order valence-electron chi connectivity index (χ0n) is 29.7. The SMILES string of the molecule is CC(C)(C)c1c[c-]c2c(c1)-c1cc(C(C)(C)C)ccc1C2.Clc1cc([C](=[Zr+2])c2cc(Cl)cc3ccccc23)c2ccccc2c1.[C-]1=CC=CC1. The van der Waals surface area contributed by atoms with E-state index in [4.69, 9.17) is 23.2 Å². The van der Waals surface area contributed by atoms with Gasteiger partial charge >= 0.3 is 166 Å². The van der Waals surface area contributed by atoms with E-state index in [1.54, 1.807) is 0 Å². The van der Waals surface area contributed by atoms with Gasteiger partial charge in [-0.05, 0) is 17.4 Å². The van der Waals surface area contributed by atoms with Crippen molar-refractivity contribution in [2.75, 3.05) is 0 Å². The van der Waals surface area contributed by atoms with E-state index in [0.29, 0.717) is 0 Å². The Labute approximate surface area is 323 Å². The molecule has 50 heavy (non-hydrogen) atoms. The first-order valence-corrected chi connectivity index (χ1v) is 19.1. The first-order chi connectivity index (χ1) is 23.8. The van der Waals surface area contributed by atoms with Crippen LogP contribution in [0.4, 0.5) is 0 Å². The van der Waals surface area contributed by atoms with E-state index in [1.807, 2.05) is 36.4 Å². The molecular formula is C47H42Cl2Zr. The third-order valence-electron chi connectivity index (χ3n) is 9.30. The van der Waals surface area contributed by atoms with Gasteiger partial charge in [-0.15, -0.1) is 12.0 Å². The van der Waals surface area contributed by atoms with Crippen LogP contribution in [0.1, 0.15) is 81.3 Å². The van der Waals surface area contributed by atoms with E-state index >= 15 is 0 Å². The van der Waals surface area contributed by atoms with Crippen LogP contribution in [0.3, 0.4) is 0 Å². The van der Waals surface area contributed by atoms with Gasteiger partial charge in [-0.1, -0.05) is 76.3 Å². The summed E-state index contributed by atoms with van der Waals surface area (Å²) in [4.78, 5) is 0. The Hall–Kier alpha value is -3.35. The van der Waals surface area contributed by atoms with E-state index < -0.39 is 0 Å². The zero-order valence-corrected chi connectivity index (χ0v) is 33.7. The molecule has 3 heteroatoms. The number of halogens is 2. The monoisotopic (exact) mass is 766 g/mol. The summed E-state index contributed by atoms with van der Waals surface area (Å²) in [7, 11) is 0. The molecule has 0 fully saturated rings. The van der Waals surface area contributed by atoms with Crippen LogP contribution in [0, 0.1) is 12.1 Å². The number of hydrogen-bond donors (Lipinski definition) is 0. The summed E-state index contributed by atoms with van der Waals surface area (Å²) < 4.78 is 1.26. The molecule has 0 radical (unpaired) electrons. The molecule has 6 aromatic carbocycles. The van der Waals surface area contributed by atoms with Crippen LogP contribution in [-0.4, -0.2) is 3.21 Å². The fraction of sp³-hybridized carbons (Fsp3) is 0.213. The average Bonchev–Trinajstić information content (AvgIpc) is 3.78. The van der Waals surface area contributed by atoms with Gasteiger partial charge in [-0.25, -0.2) is 12.2 Å². The molecule has 0 bridgehead atoms. The number of rotatable bonds is 2. The molecule has 0 saturated carbocycles. The van der Waals surface area contributed by atoms with Crippen molar-refractivity contribution in [3.8, 4) is 11.1 Å². The van der Waals surface area contributed by atoms with E-state index in [0.717, 1.165) is 33.7 Å². The topological polar surface area (TPSA) is 0 Å². The van der Waals surface area contributed by atoms with Crippen molar-refractivity contribution in [1.29, 1.82) is 0 Å². The molecule has 8 rings (SSSR count). The molecule has 0 nitrogen and oxygen atoms in total. The minimum absolute atomic E-state index is 0.177. The summed E-state index contributed by atoms with van der Waals surface area (Å²) in [5.41, 5.74) is 11.1. The van der Waals surface area contributed by atoms with Gasteiger partial charge in [0.2, 0.25) is 0 Å². The molecule has 0 spiro atoms. The maximum absolute atomic E-state index is 6.38.